The smallest absolute Gasteiger partial charge is 0.301 e. The minimum Gasteiger partial charge on any atom is -0.507 e. The van der Waals surface area contributed by atoms with Gasteiger partial charge in [0.2, 0.25) is 0 Å². The van der Waals surface area contributed by atoms with Gasteiger partial charge in [-0.05, 0) is 61.5 Å². The fourth-order valence-electron chi connectivity index (χ4n) is 4.26. The van der Waals surface area contributed by atoms with Gasteiger partial charge in [0.25, 0.3) is 5.78 Å². The first-order valence-electron chi connectivity index (χ1n) is 10.8. The number of amides is 1. The molecular formula is C26H22N2O4S2. The lowest BCUT2D eigenvalue weighted by Crippen LogP contribution is -2.28. The summed E-state index contributed by atoms with van der Waals surface area (Å²) in [7, 11) is 0. The van der Waals surface area contributed by atoms with Crippen molar-refractivity contribution in [2.45, 2.75) is 26.8 Å². The van der Waals surface area contributed by atoms with Crippen LogP contribution in [0.1, 0.15) is 34.5 Å². The van der Waals surface area contributed by atoms with E-state index in [1.54, 1.807) is 24.3 Å². The van der Waals surface area contributed by atoms with Crippen molar-refractivity contribution in [3.63, 3.8) is 0 Å². The maximum Gasteiger partial charge on any atom is 0.301 e. The summed E-state index contributed by atoms with van der Waals surface area (Å²) in [4.78, 5) is 33.6. The van der Waals surface area contributed by atoms with Crippen LogP contribution >= 0.6 is 22.7 Å². The zero-order valence-electron chi connectivity index (χ0n) is 18.9. The molecule has 1 aliphatic rings. The van der Waals surface area contributed by atoms with E-state index in [1.807, 2.05) is 50.4 Å². The van der Waals surface area contributed by atoms with E-state index in [0.717, 1.165) is 26.2 Å². The average Bonchev–Trinajstić information content (AvgIpc) is 3.53. The van der Waals surface area contributed by atoms with Crippen LogP contribution in [-0.2, 0) is 9.59 Å². The molecule has 2 aromatic carbocycles. The van der Waals surface area contributed by atoms with Crippen molar-refractivity contribution in [3.05, 3.63) is 81.1 Å². The lowest BCUT2D eigenvalue weighted by atomic mass is 10.00. The number of ketones is 1. The monoisotopic (exact) mass is 490 g/mol. The van der Waals surface area contributed by atoms with Gasteiger partial charge in [0.15, 0.2) is 5.13 Å². The highest BCUT2D eigenvalue weighted by Gasteiger charge is 2.48. The second-order valence-corrected chi connectivity index (χ2v) is 10.1. The Morgan fingerprint density at radius 1 is 1.15 bits per heavy atom. The molecule has 0 spiro atoms. The zero-order chi connectivity index (χ0) is 24.0. The molecule has 0 saturated carbocycles. The Bertz CT molecular complexity index is 1450. The van der Waals surface area contributed by atoms with Crippen molar-refractivity contribution in [1.82, 2.24) is 4.98 Å². The number of anilines is 1. The van der Waals surface area contributed by atoms with Gasteiger partial charge in [-0.15, -0.1) is 11.3 Å². The quantitative estimate of drug-likeness (QED) is 0.211. The lowest BCUT2D eigenvalue weighted by molar-refractivity contribution is -0.132. The second kappa shape index (κ2) is 8.70. The second-order valence-electron chi connectivity index (χ2n) is 8.07. The molecule has 1 unspecified atom stereocenters. The number of Topliss-reactive ketones (excluding diaryl/α,β-unsaturated/α-hetero) is 1. The van der Waals surface area contributed by atoms with E-state index in [4.69, 9.17) is 9.72 Å². The Kier molecular flexibility index (Phi) is 5.71. The highest BCUT2D eigenvalue weighted by molar-refractivity contribution is 7.22. The molecule has 172 valence electrons. The SMILES string of the molecule is CCOc1cccc(C(O)=C2C(=O)C(=O)N(c3nc4c(C)cc(C)cc4s3)C2c2cccs2)c1. The number of thiazole rings is 1. The number of hydrogen-bond acceptors (Lipinski definition) is 7. The number of nitrogens with zero attached hydrogens (tertiary/aromatic N) is 2. The third-order valence-electron chi connectivity index (χ3n) is 5.70. The number of fused-ring (bicyclic) bond motifs is 1. The Labute approximate surface area is 204 Å². The molecule has 3 heterocycles. The molecule has 1 N–H and O–H groups in total. The van der Waals surface area contributed by atoms with Crippen molar-refractivity contribution < 1.29 is 19.4 Å². The van der Waals surface area contributed by atoms with Gasteiger partial charge in [0, 0.05) is 10.4 Å². The summed E-state index contributed by atoms with van der Waals surface area (Å²) >= 11 is 2.79. The maximum absolute atomic E-state index is 13.3. The number of aliphatic hydroxyl groups excluding tert-OH is 1. The summed E-state index contributed by atoms with van der Waals surface area (Å²) in [5, 5.41) is 13.6. The first-order valence-corrected chi connectivity index (χ1v) is 12.5. The molecule has 34 heavy (non-hydrogen) atoms. The highest BCUT2D eigenvalue weighted by Crippen LogP contribution is 2.45. The average molecular weight is 491 g/mol. The van der Waals surface area contributed by atoms with E-state index < -0.39 is 17.7 Å². The largest absolute Gasteiger partial charge is 0.507 e. The minimum absolute atomic E-state index is 0.0493. The molecule has 5 rings (SSSR count). The fraction of sp³-hybridized carbons (Fsp3) is 0.192. The molecule has 6 nitrogen and oxygen atoms in total. The van der Waals surface area contributed by atoms with Gasteiger partial charge in [-0.2, -0.15) is 0 Å². The summed E-state index contributed by atoms with van der Waals surface area (Å²) < 4.78 is 6.50. The molecule has 2 aromatic heterocycles. The summed E-state index contributed by atoms with van der Waals surface area (Å²) in [5.74, 6) is -1.08. The van der Waals surface area contributed by atoms with Gasteiger partial charge in [-0.25, -0.2) is 4.98 Å². The number of aromatic nitrogens is 1. The molecule has 1 aliphatic heterocycles. The van der Waals surface area contributed by atoms with Gasteiger partial charge in [0.1, 0.15) is 17.6 Å². The van der Waals surface area contributed by atoms with Crippen LogP contribution < -0.4 is 9.64 Å². The Morgan fingerprint density at radius 2 is 1.97 bits per heavy atom. The number of carbonyl (C=O) groups is 2. The zero-order valence-corrected chi connectivity index (χ0v) is 20.5. The number of benzene rings is 2. The lowest BCUT2D eigenvalue weighted by Gasteiger charge is -2.21. The van der Waals surface area contributed by atoms with Crippen LogP contribution in [0, 0.1) is 13.8 Å². The Morgan fingerprint density at radius 3 is 2.71 bits per heavy atom. The molecule has 1 fully saturated rings. The van der Waals surface area contributed by atoms with Crippen LogP contribution in [0.2, 0.25) is 0 Å². The van der Waals surface area contributed by atoms with Crippen molar-refractivity contribution >= 4 is 55.5 Å². The van der Waals surface area contributed by atoms with Gasteiger partial charge in [-0.3, -0.25) is 14.5 Å². The number of carbonyl (C=O) groups excluding carboxylic acids is 2. The number of rotatable bonds is 5. The Balaban J connectivity index is 1.69. The van der Waals surface area contributed by atoms with E-state index in [1.165, 1.54) is 27.6 Å². The van der Waals surface area contributed by atoms with E-state index in [2.05, 4.69) is 0 Å². The van der Waals surface area contributed by atoms with E-state index in [0.29, 0.717) is 23.1 Å². The van der Waals surface area contributed by atoms with Crippen molar-refractivity contribution in [2.24, 2.45) is 0 Å². The third kappa shape index (κ3) is 3.69. The Hall–Kier alpha value is -3.49. The molecule has 1 saturated heterocycles. The maximum atomic E-state index is 13.3. The molecule has 0 aliphatic carbocycles. The normalized spacial score (nSPS) is 17.6. The number of thiophene rings is 1. The highest BCUT2D eigenvalue weighted by atomic mass is 32.1. The van der Waals surface area contributed by atoms with Crippen molar-refractivity contribution in [3.8, 4) is 5.75 Å². The van der Waals surface area contributed by atoms with E-state index >= 15 is 0 Å². The van der Waals surface area contributed by atoms with Crippen LogP contribution in [0.15, 0.2) is 59.5 Å². The molecule has 1 atom stereocenters. The number of aliphatic hydroxyl groups is 1. The predicted molar refractivity (Wildman–Crippen MR) is 136 cm³/mol. The number of aryl methyl sites for hydroxylation is 2. The van der Waals surface area contributed by atoms with Gasteiger partial charge in [-0.1, -0.05) is 35.6 Å². The summed E-state index contributed by atoms with van der Waals surface area (Å²) in [6.07, 6.45) is 0. The van der Waals surface area contributed by atoms with E-state index in [-0.39, 0.29) is 11.3 Å². The van der Waals surface area contributed by atoms with Crippen molar-refractivity contribution in [2.75, 3.05) is 11.5 Å². The van der Waals surface area contributed by atoms with Crippen LogP contribution in [0.5, 0.6) is 5.75 Å². The molecule has 0 bridgehead atoms. The molecule has 1 amide bonds. The van der Waals surface area contributed by atoms with Crippen LogP contribution in [-0.4, -0.2) is 28.4 Å². The molecule has 0 radical (unpaired) electrons. The molecule has 8 heteroatoms. The van der Waals surface area contributed by atoms with Gasteiger partial charge >= 0.3 is 5.91 Å². The summed E-state index contributed by atoms with van der Waals surface area (Å²) in [6, 6.07) is 13.9. The number of hydrogen-bond donors (Lipinski definition) is 1. The number of ether oxygens (including phenoxy) is 1. The fourth-order valence-corrected chi connectivity index (χ4v) is 6.26. The first-order chi connectivity index (χ1) is 16.4. The summed E-state index contributed by atoms with van der Waals surface area (Å²) in [5.41, 5.74) is 3.39. The van der Waals surface area contributed by atoms with Crippen LogP contribution in [0.25, 0.3) is 16.0 Å². The van der Waals surface area contributed by atoms with Crippen LogP contribution in [0.3, 0.4) is 0 Å². The van der Waals surface area contributed by atoms with E-state index in [9.17, 15) is 14.7 Å². The van der Waals surface area contributed by atoms with Crippen LogP contribution in [0.4, 0.5) is 5.13 Å². The third-order valence-corrected chi connectivity index (χ3v) is 7.63. The van der Waals surface area contributed by atoms with Gasteiger partial charge < -0.3 is 9.84 Å². The van der Waals surface area contributed by atoms with Gasteiger partial charge in [0.05, 0.1) is 22.4 Å². The standard InChI is InChI=1S/C26H22N2O4S2/c1-4-32-17-8-5-7-16(13-17)23(29)20-22(18-9-6-10-33-18)28(25(31)24(20)30)26-27-21-15(3)11-14(2)12-19(21)34-26/h5-13,22,29H,4H2,1-3H3. The topological polar surface area (TPSA) is 79.7 Å². The molecule has 4 aromatic rings. The predicted octanol–water partition coefficient (Wildman–Crippen LogP) is 6.00. The van der Waals surface area contributed by atoms with Crippen molar-refractivity contribution in [1.29, 1.82) is 0 Å². The minimum atomic E-state index is -0.766. The summed E-state index contributed by atoms with van der Waals surface area (Å²) in [6.45, 7) is 6.34. The molecular weight excluding hydrogens is 468 g/mol. The first kappa shape index (κ1) is 22.3.